The number of hydrogen-bond donors (Lipinski definition) is 0. The van der Waals surface area contributed by atoms with Crippen LogP contribution in [0.15, 0.2) is 12.2 Å². The van der Waals surface area contributed by atoms with Crippen molar-refractivity contribution in [3.63, 3.8) is 0 Å². The Hall–Kier alpha value is -0.920. The molecule has 2 saturated carbocycles. The molecule has 3 atom stereocenters. The van der Waals surface area contributed by atoms with E-state index in [1.807, 2.05) is 0 Å². The van der Waals surface area contributed by atoms with Crippen molar-refractivity contribution < 1.29 is 9.59 Å². The third-order valence-electron chi connectivity index (χ3n) is 5.00. The van der Waals surface area contributed by atoms with Crippen LogP contribution in [-0.2, 0) is 9.59 Å². The number of allylic oxidation sites excluding steroid dienone is 2. The molecule has 3 aliphatic carbocycles. The third-order valence-corrected chi connectivity index (χ3v) is 5.00. The fourth-order valence-electron chi connectivity index (χ4n) is 4.65. The largest absolute Gasteiger partial charge is 0.294 e. The lowest BCUT2D eigenvalue weighted by Crippen LogP contribution is -2.66. The van der Waals surface area contributed by atoms with Gasteiger partial charge in [-0.2, -0.15) is 0 Å². The Kier molecular flexibility index (Phi) is 1.50. The normalized spacial score (nSPS) is 46.0. The molecule has 0 heterocycles. The summed E-state index contributed by atoms with van der Waals surface area (Å²) in [6.45, 7) is 4.30. The topological polar surface area (TPSA) is 34.1 Å². The molecule has 0 unspecified atom stereocenters. The molecule has 3 aliphatic rings. The van der Waals surface area contributed by atoms with E-state index in [4.69, 9.17) is 0 Å². The highest BCUT2D eigenvalue weighted by Gasteiger charge is 2.73. The summed E-state index contributed by atoms with van der Waals surface area (Å²) in [4.78, 5) is 24.0. The summed E-state index contributed by atoms with van der Waals surface area (Å²) in [5, 5.41) is 0. The van der Waals surface area contributed by atoms with Gasteiger partial charge in [0.15, 0.2) is 11.6 Å². The Morgan fingerprint density at radius 3 is 2.73 bits per heavy atom. The van der Waals surface area contributed by atoms with Crippen molar-refractivity contribution in [2.75, 3.05) is 0 Å². The van der Waals surface area contributed by atoms with Crippen LogP contribution in [0, 0.1) is 22.7 Å². The summed E-state index contributed by atoms with van der Waals surface area (Å²) < 4.78 is 0. The van der Waals surface area contributed by atoms with Crippen LogP contribution in [0.1, 0.15) is 33.1 Å². The highest BCUT2D eigenvalue weighted by atomic mass is 16.1. The molecule has 1 spiro atoms. The van der Waals surface area contributed by atoms with Crippen molar-refractivity contribution in [1.29, 1.82) is 0 Å². The molecular weight excluding hydrogens is 188 g/mol. The average molecular weight is 204 g/mol. The Labute approximate surface area is 89.7 Å². The van der Waals surface area contributed by atoms with Crippen molar-refractivity contribution in [2.24, 2.45) is 22.7 Å². The van der Waals surface area contributed by atoms with Crippen LogP contribution in [0.5, 0.6) is 0 Å². The highest BCUT2D eigenvalue weighted by molar-refractivity contribution is 6.11. The molecule has 0 aromatic rings. The molecule has 2 nitrogen and oxygen atoms in total. The molecule has 0 bridgehead atoms. The van der Waals surface area contributed by atoms with Gasteiger partial charge in [0.1, 0.15) is 0 Å². The zero-order chi connectivity index (χ0) is 10.8. The van der Waals surface area contributed by atoms with Crippen LogP contribution < -0.4 is 0 Å². The van der Waals surface area contributed by atoms with Gasteiger partial charge in [-0.25, -0.2) is 0 Å². The zero-order valence-electron chi connectivity index (χ0n) is 9.25. The van der Waals surface area contributed by atoms with E-state index in [2.05, 4.69) is 13.8 Å². The van der Waals surface area contributed by atoms with Crippen LogP contribution >= 0.6 is 0 Å². The van der Waals surface area contributed by atoms with Gasteiger partial charge in [0.05, 0.1) is 0 Å². The zero-order valence-corrected chi connectivity index (χ0v) is 9.25. The SMILES string of the molecule is CC1(C)[C@@H]2CCC[C@@]23C(=O)C=CC(=O)[C@@H]13. The van der Waals surface area contributed by atoms with E-state index in [0.717, 1.165) is 19.3 Å². The first-order valence-corrected chi connectivity index (χ1v) is 5.77. The van der Waals surface area contributed by atoms with E-state index in [-0.39, 0.29) is 28.3 Å². The van der Waals surface area contributed by atoms with Gasteiger partial charge < -0.3 is 0 Å². The van der Waals surface area contributed by atoms with Crippen LogP contribution in [0.25, 0.3) is 0 Å². The molecule has 80 valence electrons. The predicted octanol–water partition coefficient (Wildman–Crippen LogP) is 2.14. The first kappa shape index (κ1) is 9.32. The fourth-order valence-corrected chi connectivity index (χ4v) is 4.65. The molecule has 15 heavy (non-hydrogen) atoms. The summed E-state index contributed by atoms with van der Waals surface area (Å²) in [6, 6.07) is 0. The standard InChI is InChI=1S/C13H16O2/c1-12(2)9-4-3-7-13(9)10(15)6-5-8(14)11(12)13/h5-6,9,11H,3-4,7H2,1-2H3/t9-,11-,13-/m0/s1. The summed E-state index contributed by atoms with van der Waals surface area (Å²) in [5.41, 5.74) is -0.247. The quantitative estimate of drug-likeness (QED) is 0.605. The van der Waals surface area contributed by atoms with Crippen LogP contribution in [0.2, 0.25) is 0 Å². The second kappa shape index (κ2) is 2.42. The number of carbonyl (C=O) groups excluding carboxylic acids is 2. The van der Waals surface area contributed by atoms with E-state index in [1.54, 1.807) is 0 Å². The molecular formula is C13H16O2. The second-order valence-electron chi connectivity index (χ2n) is 5.84. The summed E-state index contributed by atoms with van der Waals surface area (Å²) in [7, 11) is 0. The fraction of sp³-hybridized carbons (Fsp3) is 0.692. The maximum absolute atomic E-state index is 12.1. The van der Waals surface area contributed by atoms with Crippen molar-refractivity contribution in [3.05, 3.63) is 12.2 Å². The molecule has 0 aromatic heterocycles. The predicted molar refractivity (Wildman–Crippen MR) is 56.2 cm³/mol. The van der Waals surface area contributed by atoms with Crippen LogP contribution in [0.4, 0.5) is 0 Å². The summed E-state index contributed by atoms with van der Waals surface area (Å²) >= 11 is 0. The lowest BCUT2D eigenvalue weighted by atomic mass is 9.38. The third kappa shape index (κ3) is 0.790. The number of rotatable bonds is 0. The smallest absolute Gasteiger partial charge is 0.163 e. The summed E-state index contributed by atoms with van der Waals surface area (Å²) in [5.74, 6) is 0.804. The molecule has 0 aromatic carbocycles. The Morgan fingerprint density at radius 2 is 2.00 bits per heavy atom. The Morgan fingerprint density at radius 1 is 1.27 bits per heavy atom. The molecule has 2 fully saturated rings. The number of hydrogen-bond acceptors (Lipinski definition) is 2. The van der Waals surface area contributed by atoms with Crippen molar-refractivity contribution >= 4 is 11.6 Å². The molecule has 0 radical (unpaired) electrons. The number of ketones is 2. The van der Waals surface area contributed by atoms with E-state index >= 15 is 0 Å². The second-order valence-corrected chi connectivity index (χ2v) is 5.84. The summed E-state index contributed by atoms with van der Waals surface area (Å²) in [6.07, 6.45) is 6.18. The van der Waals surface area contributed by atoms with E-state index < -0.39 is 0 Å². The lowest BCUT2D eigenvalue weighted by molar-refractivity contribution is -0.183. The highest BCUT2D eigenvalue weighted by Crippen LogP contribution is 2.72. The van der Waals surface area contributed by atoms with Gasteiger partial charge in [-0.3, -0.25) is 9.59 Å². The minimum Gasteiger partial charge on any atom is -0.294 e. The van der Waals surface area contributed by atoms with Crippen molar-refractivity contribution in [1.82, 2.24) is 0 Å². The Balaban J connectivity index is 2.15. The van der Waals surface area contributed by atoms with Gasteiger partial charge in [-0.15, -0.1) is 0 Å². The van der Waals surface area contributed by atoms with Gasteiger partial charge in [0.25, 0.3) is 0 Å². The van der Waals surface area contributed by atoms with Gasteiger partial charge in [-0.1, -0.05) is 20.3 Å². The van der Waals surface area contributed by atoms with Crippen LogP contribution in [0.3, 0.4) is 0 Å². The monoisotopic (exact) mass is 204 g/mol. The van der Waals surface area contributed by atoms with Crippen molar-refractivity contribution in [2.45, 2.75) is 33.1 Å². The first-order chi connectivity index (χ1) is 7.01. The molecule has 3 rings (SSSR count). The van der Waals surface area contributed by atoms with E-state index in [0.29, 0.717) is 5.92 Å². The van der Waals surface area contributed by atoms with E-state index in [9.17, 15) is 9.59 Å². The molecule has 0 saturated heterocycles. The van der Waals surface area contributed by atoms with Gasteiger partial charge in [0.2, 0.25) is 0 Å². The minimum absolute atomic E-state index is 0.0324. The number of carbonyl (C=O) groups is 2. The first-order valence-electron chi connectivity index (χ1n) is 5.77. The van der Waals surface area contributed by atoms with Gasteiger partial charge in [-0.05, 0) is 36.3 Å². The van der Waals surface area contributed by atoms with E-state index in [1.165, 1.54) is 12.2 Å². The van der Waals surface area contributed by atoms with Gasteiger partial charge >= 0.3 is 0 Å². The molecule has 0 amide bonds. The maximum atomic E-state index is 12.1. The lowest BCUT2D eigenvalue weighted by Gasteiger charge is -2.63. The average Bonchev–Trinajstić information content (AvgIpc) is 2.54. The minimum atomic E-state index is -0.282. The Bertz CT molecular complexity index is 391. The molecule has 0 N–H and O–H groups in total. The van der Waals surface area contributed by atoms with Gasteiger partial charge in [0, 0.05) is 11.3 Å². The molecule has 0 aliphatic heterocycles. The maximum Gasteiger partial charge on any atom is 0.163 e. The molecule has 2 heteroatoms. The van der Waals surface area contributed by atoms with Crippen LogP contribution in [-0.4, -0.2) is 11.6 Å². The van der Waals surface area contributed by atoms with Crippen molar-refractivity contribution in [3.8, 4) is 0 Å².